The highest BCUT2D eigenvalue weighted by molar-refractivity contribution is 5.76. The van der Waals surface area contributed by atoms with Gasteiger partial charge in [-0.25, -0.2) is 0 Å². The van der Waals surface area contributed by atoms with Crippen LogP contribution >= 0.6 is 0 Å². The molecule has 0 aliphatic heterocycles. The van der Waals surface area contributed by atoms with E-state index in [-0.39, 0.29) is 5.91 Å². The molecule has 1 fully saturated rings. The molecule has 1 aromatic rings. The van der Waals surface area contributed by atoms with E-state index in [4.69, 9.17) is 5.73 Å². The van der Waals surface area contributed by atoms with Crippen molar-refractivity contribution in [3.63, 3.8) is 0 Å². The maximum atomic E-state index is 12.4. The maximum absolute atomic E-state index is 12.4. The van der Waals surface area contributed by atoms with Gasteiger partial charge in [0.05, 0.1) is 0 Å². The topological polar surface area (TPSA) is 46.3 Å². The fourth-order valence-corrected chi connectivity index (χ4v) is 3.04. The largest absolute Gasteiger partial charge is 0.337 e. The zero-order valence-electron chi connectivity index (χ0n) is 12.3. The minimum absolute atomic E-state index is 0.256. The average Bonchev–Trinajstić information content (AvgIpc) is 2.99. The number of hydrogen-bond acceptors (Lipinski definition) is 2. The number of rotatable bonds is 7. The second-order valence-corrected chi connectivity index (χ2v) is 5.78. The Balaban J connectivity index is 1.84. The summed E-state index contributed by atoms with van der Waals surface area (Å²) in [6.07, 6.45) is 7.03. The van der Waals surface area contributed by atoms with Crippen LogP contribution in [0.25, 0.3) is 0 Å². The van der Waals surface area contributed by atoms with Gasteiger partial charge in [-0.2, -0.15) is 0 Å². The number of amides is 1. The van der Waals surface area contributed by atoms with Crippen LogP contribution in [0, 0.1) is 5.92 Å². The highest BCUT2D eigenvalue weighted by Crippen LogP contribution is 2.28. The summed E-state index contributed by atoms with van der Waals surface area (Å²) in [7, 11) is 0. The van der Waals surface area contributed by atoms with Crippen molar-refractivity contribution in [3.8, 4) is 0 Å². The summed E-state index contributed by atoms with van der Waals surface area (Å²) in [5.41, 5.74) is 6.82. The molecule has 0 spiro atoms. The summed E-state index contributed by atoms with van der Waals surface area (Å²) in [6.45, 7) is 1.86. The van der Waals surface area contributed by atoms with Crippen molar-refractivity contribution < 1.29 is 4.79 Å². The molecule has 0 unspecified atom stereocenters. The molecular weight excluding hydrogens is 248 g/mol. The van der Waals surface area contributed by atoms with Crippen molar-refractivity contribution in [2.75, 3.05) is 13.1 Å². The quantitative estimate of drug-likeness (QED) is 0.831. The lowest BCUT2D eigenvalue weighted by molar-refractivity contribution is -0.132. The number of nitrogens with zero attached hydrogens (tertiary/aromatic N) is 1. The second-order valence-electron chi connectivity index (χ2n) is 5.78. The van der Waals surface area contributed by atoms with Crippen molar-refractivity contribution in [1.82, 2.24) is 4.90 Å². The van der Waals surface area contributed by atoms with Gasteiger partial charge < -0.3 is 10.6 Å². The predicted molar refractivity (Wildman–Crippen MR) is 82.1 cm³/mol. The number of carbonyl (C=O) groups is 1. The van der Waals surface area contributed by atoms with Crippen LogP contribution in [0.15, 0.2) is 30.3 Å². The summed E-state index contributed by atoms with van der Waals surface area (Å²) in [4.78, 5) is 14.3. The third kappa shape index (κ3) is 4.64. The molecule has 0 radical (unpaired) electrons. The lowest BCUT2D eigenvalue weighted by Crippen LogP contribution is -2.34. The molecule has 0 atom stereocenters. The van der Waals surface area contributed by atoms with Gasteiger partial charge in [-0.15, -0.1) is 0 Å². The summed E-state index contributed by atoms with van der Waals surface area (Å²) < 4.78 is 0. The van der Waals surface area contributed by atoms with Gasteiger partial charge in [-0.1, -0.05) is 56.0 Å². The van der Waals surface area contributed by atoms with Gasteiger partial charge in [0.25, 0.3) is 0 Å². The molecule has 0 bridgehead atoms. The molecule has 1 aromatic carbocycles. The van der Waals surface area contributed by atoms with Crippen molar-refractivity contribution in [2.45, 2.75) is 45.1 Å². The molecule has 2 rings (SSSR count). The van der Waals surface area contributed by atoms with Crippen LogP contribution in [0.5, 0.6) is 0 Å². The van der Waals surface area contributed by atoms with Crippen LogP contribution in [0.4, 0.5) is 0 Å². The summed E-state index contributed by atoms with van der Waals surface area (Å²) in [6, 6.07) is 10.2. The number of carbonyl (C=O) groups excluding carboxylic acids is 1. The standard InChI is InChI=1S/C17H26N2O/c18-12-13-19(14-16-8-2-1-3-9-16)17(20)11-10-15-6-4-5-7-15/h1-3,8-9,15H,4-7,10-14,18H2. The molecular formula is C17H26N2O. The highest BCUT2D eigenvalue weighted by Gasteiger charge is 2.19. The minimum atomic E-state index is 0.256. The first-order valence-corrected chi connectivity index (χ1v) is 7.81. The Labute approximate surface area is 122 Å². The molecule has 3 heteroatoms. The first-order chi connectivity index (χ1) is 9.79. The zero-order valence-corrected chi connectivity index (χ0v) is 12.3. The maximum Gasteiger partial charge on any atom is 0.222 e. The van der Waals surface area contributed by atoms with Gasteiger partial charge in [0.1, 0.15) is 0 Å². The van der Waals surface area contributed by atoms with Gasteiger partial charge in [0.15, 0.2) is 0 Å². The van der Waals surface area contributed by atoms with E-state index < -0.39 is 0 Å². The van der Waals surface area contributed by atoms with Crippen LogP contribution in [0.1, 0.15) is 44.1 Å². The number of benzene rings is 1. The third-order valence-electron chi connectivity index (χ3n) is 4.21. The highest BCUT2D eigenvalue weighted by atomic mass is 16.2. The average molecular weight is 274 g/mol. The predicted octanol–water partition coefficient (Wildman–Crippen LogP) is 2.94. The normalized spacial score (nSPS) is 15.4. The van der Waals surface area contributed by atoms with Crippen molar-refractivity contribution in [2.24, 2.45) is 11.7 Å². The Morgan fingerprint density at radius 2 is 1.90 bits per heavy atom. The minimum Gasteiger partial charge on any atom is -0.337 e. The van der Waals surface area contributed by atoms with E-state index in [0.717, 1.165) is 12.3 Å². The van der Waals surface area contributed by atoms with E-state index >= 15 is 0 Å². The monoisotopic (exact) mass is 274 g/mol. The van der Waals surface area contributed by atoms with Crippen LogP contribution < -0.4 is 5.73 Å². The summed E-state index contributed by atoms with van der Waals surface area (Å²) in [5, 5.41) is 0. The Bertz CT molecular complexity index is 399. The molecule has 2 N–H and O–H groups in total. The lowest BCUT2D eigenvalue weighted by Gasteiger charge is -2.23. The Kier molecular flexibility index (Phi) is 6.06. The first kappa shape index (κ1) is 15.0. The first-order valence-electron chi connectivity index (χ1n) is 7.81. The molecule has 110 valence electrons. The lowest BCUT2D eigenvalue weighted by atomic mass is 10.0. The zero-order chi connectivity index (χ0) is 14.2. The molecule has 0 heterocycles. The van der Waals surface area contributed by atoms with Crippen LogP contribution in [-0.2, 0) is 11.3 Å². The molecule has 0 aromatic heterocycles. The molecule has 3 nitrogen and oxygen atoms in total. The second kappa shape index (κ2) is 8.05. The van der Waals surface area contributed by atoms with E-state index in [1.807, 2.05) is 23.1 Å². The fourth-order valence-electron chi connectivity index (χ4n) is 3.04. The molecule has 20 heavy (non-hydrogen) atoms. The molecule has 1 amide bonds. The molecule has 1 saturated carbocycles. The Morgan fingerprint density at radius 3 is 2.55 bits per heavy atom. The van der Waals surface area contributed by atoms with Gasteiger partial charge in [0, 0.05) is 26.1 Å². The van der Waals surface area contributed by atoms with Crippen LogP contribution in [0.2, 0.25) is 0 Å². The Morgan fingerprint density at radius 1 is 1.20 bits per heavy atom. The van der Waals surface area contributed by atoms with Crippen molar-refractivity contribution >= 4 is 5.91 Å². The SMILES string of the molecule is NCCN(Cc1ccccc1)C(=O)CCC1CCCC1. The van der Waals surface area contributed by atoms with Crippen molar-refractivity contribution in [3.05, 3.63) is 35.9 Å². The van der Waals surface area contributed by atoms with Crippen LogP contribution in [-0.4, -0.2) is 23.9 Å². The smallest absolute Gasteiger partial charge is 0.222 e. The summed E-state index contributed by atoms with van der Waals surface area (Å²) in [5.74, 6) is 1.03. The third-order valence-corrected chi connectivity index (χ3v) is 4.21. The van der Waals surface area contributed by atoms with E-state index in [9.17, 15) is 4.79 Å². The Hall–Kier alpha value is -1.35. The summed E-state index contributed by atoms with van der Waals surface area (Å²) >= 11 is 0. The van der Waals surface area contributed by atoms with Gasteiger partial charge in [-0.05, 0) is 17.9 Å². The molecule has 1 aliphatic carbocycles. The van der Waals surface area contributed by atoms with Gasteiger partial charge in [0.2, 0.25) is 5.91 Å². The van der Waals surface area contributed by atoms with Gasteiger partial charge in [-0.3, -0.25) is 4.79 Å². The van der Waals surface area contributed by atoms with Gasteiger partial charge >= 0.3 is 0 Å². The molecule has 1 aliphatic rings. The van der Waals surface area contributed by atoms with E-state index in [0.29, 0.717) is 26.1 Å². The molecule has 0 saturated heterocycles. The van der Waals surface area contributed by atoms with Crippen LogP contribution in [0.3, 0.4) is 0 Å². The van der Waals surface area contributed by atoms with E-state index in [2.05, 4.69) is 12.1 Å². The number of hydrogen-bond donors (Lipinski definition) is 1. The number of nitrogens with two attached hydrogens (primary N) is 1. The fraction of sp³-hybridized carbons (Fsp3) is 0.588. The van der Waals surface area contributed by atoms with Crippen molar-refractivity contribution in [1.29, 1.82) is 0 Å². The van der Waals surface area contributed by atoms with E-state index in [1.54, 1.807) is 0 Å². The van der Waals surface area contributed by atoms with E-state index in [1.165, 1.54) is 31.2 Å².